The molecule has 1 saturated heterocycles. The van der Waals surface area contributed by atoms with Crippen LogP contribution in [0.3, 0.4) is 0 Å². The molecule has 0 spiro atoms. The second kappa shape index (κ2) is 8.77. The molecule has 0 unspecified atom stereocenters. The van der Waals surface area contributed by atoms with Gasteiger partial charge in [-0.2, -0.15) is 14.9 Å². The average Bonchev–Trinajstić information content (AvgIpc) is 3.13. The molecule has 1 aliphatic heterocycles. The summed E-state index contributed by atoms with van der Waals surface area (Å²) in [4.78, 5) is 10.3. The van der Waals surface area contributed by atoms with Crippen LogP contribution < -0.4 is 20.7 Å². The lowest BCUT2D eigenvalue weighted by molar-refractivity contribution is 0.139. The SMILES string of the molecule is C=N/C(NC)=c1/cc(Cl)cc/c1=C\c1c(C)nc2c(C#N)c(C(F)F)nn2c1N1CC(O)C1. The van der Waals surface area contributed by atoms with Crippen LogP contribution in [0.15, 0.2) is 23.2 Å². The number of aromatic nitrogens is 3. The zero-order valence-electron chi connectivity index (χ0n) is 17.8. The summed E-state index contributed by atoms with van der Waals surface area (Å²) < 4.78 is 28.4. The Hall–Kier alpha value is -3.55. The third-order valence-electron chi connectivity index (χ3n) is 5.44. The van der Waals surface area contributed by atoms with Crippen LogP contribution >= 0.6 is 11.6 Å². The number of anilines is 1. The van der Waals surface area contributed by atoms with Crippen LogP contribution in [-0.4, -0.2) is 52.7 Å². The number of aliphatic hydroxyl groups excluding tert-OH is 1. The summed E-state index contributed by atoms with van der Waals surface area (Å²) >= 11 is 6.20. The summed E-state index contributed by atoms with van der Waals surface area (Å²) in [7, 11) is 1.71. The van der Waals surface area contributed by atoms with E-state index in [0.717, 1.165) is 5.22 Å². The summed E-state index contributed by atoms with van der Waals surface area (Å²) in [5.41, 5.74) is 0.263. The molecule has 33 heavy (non-hydrogen) atoms. The number of hydrogen-bond acceptors (Lipinski definition) is 7. The number of hydrogen-bond donors (Lipinski definition) is 2. The first kappa shape index (κ1) is 22.6. The second-order valence-electron chi connectivity index (χ2n) is 7.53. The third-order valence-corrected chi connectivity index (χ3v) is 5.67. The smallest absolute Gasteiger partial charge is 0.283 e. The molecular weight excluding hydrogens is 452 g/mol. The minimum absolute atomic E-state index is 0.0467. The summed E-state index contributed by atoms with van der Waals surface area (Å²) in [6, 6.07) is 7.06. The van der Waals surface area contributed by atoms with Gasteiger partial charge in [0.1, 0.15) is 29.0 Å². The second-order valence-corrected chi connectivity index (χ2v) is 7.97. The van der Waals surface area contributed by atoms with Crippen molar-refractivity contribution in [3.63, 3.8) is 0 Å². The lowest BCUT2D eigenvalue weighted by atomic mass is 10.1. The molecule has 3 heterocycles. The Morgan fingerprint density at radius 3 is 2.76 bits per heavy atom. The number of aliphatic imine (C=N–C) groups is 1. The fraction of sp³-hybridized carbons (Fsp3) is 0.273. The van der Waals surface area contributed by atoms with Gasteiger partial charge in [0.05, 0.1) is 11.8 Å². The van der Waals surface area contributed by atoms with E-state index in [4.69, 9.17) is 11.6 Å². The van der Waals surface area contributed by atoms with Crippen molar-refractivity contribution < 1.29 is 13.9 Å². The van der Waals surface area contributed by atoms with Crippen molar-refractivity contribution in [2.45, 2.75) is 19.5 Å². The van der Waals surface area contributed by atoms with Gasteiger partial charge in [0.15, 0.2) is 5.65 Å². The number of aryl methyl sites for hydroxylation is 1. The molecule has 0 aliphatic carbocycles. The molecule has 11 heteroatoms. The molecule has 0 bridgehead atoms. The highest BCUT2D eigenvalue weighted by Gasteiger charge is 2.32. The van der Waals surface area contributed by atoms with Gasteiger partial charge in [-0.3, -0.25) is 0 Å². The monoisotopic (exact) mass is 471 g/mol. The third kappa shape index (κ3) is 3.90. The molecule has 8 nitrogen and oxygen atoms in total. The van der Waals surface area contributed by atoms with E-state index in [-0.39, 0.29) is 11.2 Å². The minimum Gasteiger partial charge on any atom is -0.389 e. The van der Waals surface area contributed by atoms with E-state index in [0.29, 0.717) is 46.2 Å². The number of aliphatic hydroxyl groups is 1. The lowest BCUT2D eigenvalue weighted by Crippen LogP contribution is -2.52. The first-order valence-electron chi connectivity index (χ1n) is 9.99. The Morgan fingerprint density at radius 2 is 2.18 bits per heavy atom. The Labute approximate surface area is 192 Å². The van der Waals surface area contributed by atoms with Gasteiger partial charge in [-0.05, 0) is 37.1 Å². The van der Waals surface area contributed by atoms with E-state index in [1.807, 2.05) is 11.0 Å². The summed E-state index contributed by atoms with van der Waals surface area (Å²) in [6.07, 6.45) is -1.66. The first-order chi connectivity index (χ1) is 15.8. The van der Waals surface area contributed by atoms with Gasteiger partial charge >= 0.3 is 0 Å². The molecule has 0 radical (unpaired) electrons. The van der Waals surface area contributed by atoms with Crippen LogP contribution in [-0.2, 0) is 0 Å². The largest absolute Gasteiger partial charge is 0.389 e. The Morgan fingerprint density at radius 1 is 1.45 bits per heavy atom. The highest BCUT2D eigenvalue weighted by atomic mass is 35.5. The van der Waals surface area contributed by atoms with Gasteiger partial charge in [-0.1, -0.05) is 17.7 Å². The summed E-state index contributed by atoms with van der Waals surface area (Å²) in [5.74, 6) is 0.965. The molecule has 2 aromatic heterocycles. The molecule has 170 valence electrons. The number of benzene rings is 1. The van der Waals surface area contributed by atoms with E-state index < -0.39 is 18.2 Å². The van der Waals surface area contributed by atoms with E-state index >= 15 is 0 Å². The van der Waals surface area contributed by atoms with Crippen molar-refractivity contribution in [2.75, 3.05) is 25.0 Å². The topological polar surface area (TPSA) is 102 Å². The zero-order valence-corrected chi connectivity index (χ0v) is 18.6. The Bertz CT molecular complexity index is 1420. The fourth-order valence-electron chi connectivity index (χ4n) is 3.85. The lowest BCUT2D eigenvalue weighted by Gasteiger charge is -2.38. The van der Waals surface area contributed by atoms with Crippen LogP contribution in [0.1, 0.15) is 28.9 Å². The quantitative estimate of drug-likeness (QED) is 0.547. The van der Waals surface area contributed by atoms with E-state index in [1.165, 1.54) is 4.52 Å². The average molecular weight is 472 g/mol. The molecule has 0 saturated carbocycles. The van der Waals surface area contributed by atoms with Crippen molar-refractivity contribution in [1.82, 2.24) is 19.9 Å². The highest BCUT2D eigenvalue weighted by molar-refractivity contribution is 6.30. The zero-order chi connectivity index (χ0) is 23.9. The first-order valence-corrected chi connectivity index (χ1v) is 10.4. The number of halogens is 3. The van der Waals surface area contributed by atoms with Crippen LogP contribution in [0, 0.1) is 18.3 Å². The molecule has 3 aromatic rings. The molecule has 0 amide bonds. The predicted molar refractivity (Wildman–Crippen MR) is 122 cm³/mol. The minimum atomic E-state index is -2.93. The molecule has 0 atom stereocenters. The van der Waals surface area contributed by atoms with Gasteiger partial charge in [0.2, 0.25) is 0 Å². The van der Waals surface area contributed by atoms with E-state index in [2.05, 4.69) is 27.1 Å². The van der Waals surface area contributed by atoms with Gasteiger partial charge in [0.25, 0.3) is 6.43 Å². The number of nitrogens with zero attached hydrogens (tertiary/aromatic N) is 6. The fourth-order valence-corrected chi connectivity index (χ4v) is 4.02. The molecule has 1 fully saturated rings. The van der Waals surface area contributed by atoms with Crippen molar-refractivity contribution in [3.05, 3.63) is 56.2 Å². The summed E-state index contributed by atoms with van der Waals surface area (Å²) in [5, 5.41) is 28.3. The van der Waals surface area contributed by atoms with E-state index in [1.54, 1.807) is 38.2 Å². The van der Waals surface area contributed by atoms with Crippen molar-refractivity contribution >= 4 is 41.7 Å². The van der Waals surface area contributed by atoms with Crippen LogP contribution in [0.4, 0.5) is 14.6 Å². The summed E-state index contributed by atoms with van der Waals surface area (Å²) in [6.45, 7) is 5.90. The highest BCUT2D eigenvalue weighted by Crippen LogP contribution is 2.32. The maximum Gasteiger partial charge on any atom is 0.283 e. The Balaban J connectivity index is 2.11. The molecule has 2 N–H and O–H groups in total. The number of β-amino-alcohol motifs (C(OH)–C–C–N with tert-alkyl or cyclic N) is 1. The normalized spacial score (nSPS) is 15.6. The van der Waals surface area contributed by atoms with Crippen molar-refractivity contribution in [2.24, 2.45) is 4.99 Å². The van der Waals surface area contributed by atoms with Crippen molar-refractivity contribution in [3.8, 4) is 6.07 Å². The van der Waals surface area contributed by atoms with Crippen molar-refractivity contribution in [1.29, 1.82) is 5.26 Å². The van der Waals surface area contributed by atoms with Crippen LogP contribution in [0.5, 0.6) is 0 Å². The Kier molecular flexibility index (Phi) is 6.01. The van der Waals surface area contributed by atoms with Gasteiger partial charge in [0, 0.05) is 35.9 Å². The molecule has 1 aliphatic rings. The molecule has 4 rings (SSSR count). The maximum absolute atomic E-state index is 13.6. The van der Waals surface area contributed by atoms with E-state index in [9.17, 15) is 19.1 Å². The van der Waals surface area contributed by atoms with Gasteiger partial charge < -0.3 is 15.3 Å². The molecular formula is C22H20ClF2N7O. The van der Waals surface area contributed by atoms with Crippen LogP contribution in [0.25, 0.3) is 17.5 Å². The van der Waals surface area contributed by atoms with Crippen LogP contribution in [0.2, 0.25) is 5.02 Å². The maximum atomic E-state index is 13.6. The standard InChI is InChI=1S/C22H20ClF2N7O/c1-11-15(6-12-4-5-13(23)7-16(12)20(27-2)28-3)22(31-9-14(33)10-31)32-21(29-11)17(8-26)18(30-32)19(24)25/h4-7,14,19,28,33H,2,9-10H2,1,3H3/b12-6+,20-16+. The molecule has 1 aromatic carbocycles. The number of nitriles is 1. The van der Waals surface area contributed by atoms with Gasteiger partial charge in [-0.25, -0.2) is 18.8 Å². The van der Waals surface area contributed by atoms with Gasteiger partial charge in [-0.15, -0.1) is 0 Å². The number of fused-ring (bicyclic) bond motifs is 1. The number of rotatable bonds is 5. The number of nitrogens with one attached hydrogen (secondary N) is 1. The number of alkyl halides is 2. The predicted octanol–water partition coefficient (Wildman–Crippen LogP) is 1.50.